The third kappa shape index (κ3) is 3.17. The number of carbonyl (C=O) groups is 2. The Hall–Kier alpha value is -2.96. The molecule has 0 saturated carbocycles. The molecule has 1 aromatic carbocycles. The van der Waals surface area contributed by atoms with Gasteiger partial charge in [0.25, 0.3) is 5.91 Å². The summed E-state index contributed by atoms with van der Waals surface area (Å²) in [4.78, 5) is 25.4. The molecule has 0 spiro atoms. The first kappa shape index (κ1) is 16.9. The molecule has 1 atom stereocenters. The second kappa shape index (κ2) is 6.88. The Morgan fingerprint density at radius 1 is 1.20 bits per heavy atom. The van der Waals surface area contributed by atoms with Gasteiger partial charge in [0.15, 0.2) is 17.3 Å². The largest absolute Gasteiger partial charge is 0.493 e. The Bertz CT molecular complexity index is 797. The van der Waals surface area contributed by atoms with E-state index in [9.17, 15) is 9.59 Å². The van der Waals surface area contributed by atoms with Gasteiger partial charge in [-0.05, 0) is 30.5 Å². The molecule has 1 aromatic heterocycles. The number of benzene rings is 1. The van der Waals surface area contributed by atoms with Crippen LogP contribution < -0.4 is 9.47 Å². The molecule has 2 heterocycles. The predicted molar refractivity (Wildman–Crippen MR) is 88.2 cm³/mol. The fourth-order valence-corrected chi connectivity index (χ4v) is 3.12. The molecule has 3 rings (SSSR count). The van der Waals surface area contributed by atoms with Gasteiger partial charge in [0.1, 0.15) is 6.26 Å². The summed E-state index contributed by atoms with van der Waals surface area (Å²) in [6, 6.07) is 6.72. The number of rotatable bonds is 5. The topological polar surface area (TPSA) is 89.2 Å². The summed E-state index contributed by atoms with van der Waals surface area (Å²) in [7, 11) is 3.13. The molecule has 2 aromatic rings. The van der Waals surface area contributed by atoms with Gasteiger partial charge in [-0.3, -0.25) is 4.79 Å². The highest BCUT2D eigenvalue weighted by Crippen LogP contribution is 2.37. The Labute approximate surface area is 144 Å². The Morgan fingerprint density at radius 2 is 1.96 bits per heavy atom. The number of ether oxygens (including phenoxy) is 2. The maximum Gasteiger partial charge on any atom is 0.338 e. The van der Waals surface area contributed by atoms with Crippen LogP contribution in [-0.4, -0.2) is 42.6 Å². The van der Waals surface area contributed by atoms with E-state index in [1.54, 1.807) is 19.1 Å². The van der Waals surface area contributed by atoms with Gasteiger partial charge in [-0.15, -0.1) is 0 Å². The molecule has 132 valence electrons. The van der Waals surface area contributed by atoms with Crippen LogP contribution in [0.5, 0.6) is 11.5 Å². The number of aromatic carboxylic acids is 1. The summed E-state index contributed by atoms with van der Waals surface area (Å²) < 4.78 is 15.7. The molecule has 7 nitrogen and oxygen atoms in total. The lowest BCUT2D eigenvalue weighted by atomic mass is 10.0. The standard InChI is InChI=1S/C18H19NO6/c1-23-14-6-5-11(8-15(14)24-2)13-4-3-7-19(13)17(20)16-9-12(10-25-16)18(21)22/h5-6,8-10,13H,3-4,7H2,1-2H3,(H,21,22). The van der Waals surface area contributed by atoms with Gasteiger partial charge in [-0.1, -0.05) is 6.07 Å². The first-order chi connectivity index (χ1) is 12.0. The lowest BCUT2D eigenvalue weighted by Crippen LogP contribution is -2.30. The van der Waals surface area contributed by atoms with Gasteiger partial charge in [-0.25, -0.2) is 4.79 Å². The van der Waals surface area contributed by atoms with E-state index in [4.69, 9.17) is 19.0 Å². The smallest absolute Gasteiger partial charge is 0.338 e. The van der Waals surface area contributed by atoms with Crippen molar-refractivity contribution >= 4 is 11.9 Å². The van der Waals surface area contributed by atoms with Crippen molar-refractivity contribution in [1.82, 2.24) is 4.90 Å². The van der Waals surface area contributed by atoms with Crippen LogP contribution in [0.4, 0.5) is 0 Å². The highest BCUT2D eigenvalue weighted by atomic mass is 16.5. The molecule has 0 radical (unpaired) electrons. The van der Waals surface area contributed by atoms with Crippen molar-refractivity contribution in [1.29, 1.82) is 0 Å². The van der Waals surface area contributed by atoms with Crippen molar-refractivity contribution in [2.45, 2.75) is 18.9 Å². The molecule has 0 bridgehead atoms. The molecule has 1 unspecified atom stereocenters. The van der Waals surface area contributed by atoms with Crippen LogP contribution in [0.15, 0.2) is 34.9 Å². The minimum atomic E-state index is -1.12. The van der Waals surface area contributed by atoms with Crippen LogP contribution in [-0.2, 0) is 0 Å². The summed E-state index contributed by atoms with van der Waals surface area (Å²) in [6.07, 6.45) is 2.75. The number of likely N-dealkylation sites (tertiary alicyclic amines) is 1. The Morgan fingerprint density at radius 3 is 2.60 bits per heavy atom. The van der Waals surface area contributed by atoms with E-state index in [1.807, 2.05) is 18.2 Å². The zero-order valence-electron chi connectivity index (χ0n) is 14.0. The van der Waals surface area contributed by atoms with Gasteiger partial charge in [0.05, 0.1) is 25.8 Å². The van der Waals surface area contributed by atoms with E-state index in [0.29, 0.717) is 18.0 Å². The molecule has 1 saturated heterocycles. The van der Waals surface area contributed by atoms with Crippen molar-refractivity contribution in [3.8, 4) is 11.5 Å². The van der Waals surface area contributed by atoms with E-state index >= 15 is 0 Å². The summed E-state index contributed by atoms with van der Waals surface area (Å²) >= 11 is 0. The Kier molecular flexibility index (Phi) is 4.65. The highest BCUT2D eigenvalue weighted by Gasteiger charge is 2.33. The van der Waals surface area contributed by atoms with Gasteiger partial charge < -0.3 is 23.9 Å². The maximum absolute atomic E-state index is 12.7. The minimum absolute atomic E-state index is 0.0322. The van der Waals surface area contributed by atoms with Crippen molar-refractivity contribution < 1.29 is 28.6 Å². The predicted octanol–water partition coefficient (Wildman–Crippen LogP) is 2.97. The number of methoxy groups -OCH3 is 2. The quantitative estimate of drug-likeness (QED) is 0.896. The summed E-state index contributed by atoms with van der Waals surface area (Å²) in [5.41, 5.74) is 0.902. The number of carboxylic acid groups (broad SMARTS) is 1. The molecule has 1 N–H and O–H groups in total. The monoisotopic (exact) mass is 345 g/mol. The van der Waals surface area contributed by atoms with Crippen LogP contribution in [0, 0.1) is 0 Å². The second-order valence-corrected chi connectivity index (χ2v) is 5.78. The van der Waals surface area contributed by atoms with Gasteiger partial charge in [0.2, 0.25) is 0 Å². The number of carboxylic acids is 1. The van der Waals surface area contributed by atoms with Gasteiger partial charge >= 0.3 is 5.97 Å². The zero-order valence-corrected chi connectivity index (χ0v) is 14.0. The first-order valence-corrected chi connectivity index (χ1v) is 7.90. The lowest BCUT2D eigenvalue weighted by molar-refractivity contribution is 0.0690. The SMILES string of the molecule is COc1ccc(C2CCCN2C(=O)c2cc(C(=O)O)co2)cc1OC. The van der Waals surface area contributed by atoms with E-state index in [-0.39, 0.29) is 23.3 Å². The third-order valence-corrected chi connectivity index (χ3v) is 4.36. The first-order valence-electron chi connectivity index (χ1n) is 7.90. The molecule has 25 heavy (non-hydrogen) atoms. The van der Waals surface area contributed by atoms with Crippen LogP contribution in [0.1, 0.15) is 45.4 Å². The van der Waals surface area contributed by atoms with E-state index < -0.39 is 5.97 Å². The molecule has 1 amide bonds. The van der Waals surface area contributed by atoms with Crippen molar-refractivity contribution in [3.63, 3.8) is 0 Å². The fourth-order valence-electron chi connectivity index (χ4n) is 3.12. The van der Waals surface area contributed by atoms with Crippen molar-refractivity contribution in [2.24, 2.45) is 0 Å². The number of carbonyl (C=O) groups excluding carboxylic acids is 1. The molecule has 1 aliphatic heterocycles. The molecular formula is C18H19NO6. The van der Waals surface area contributed by atoms with E-state index in [2.05, 4.69) is 0 Å². The summed E-state index contributed by atoms with van der Waals surface area (Å²) in [5.74, 6) is -0.181. The normalized spacial score (nSPS) is 16.7. The second-order valence-electron chi connectivity index (χ2n) is 5.78. The van der Waals surface area contributed by atoms with Crippen LogP contribution in [0.25, 0.3) is 0 Å². The molecule has 0 aliphatic carbocycles. The number of nitrogens with zero attached hydrogens (tertiary/aromatic N) is 1. The molecule has 1 aliphatic rings. The van der Waals surface area contributed by atoms with E-state index in [0.717, 1.165) is 24.7 Å². The highest BCUT2D eigenvalue weighted by molar-refractivity contribution is 5.95. The van der Waals surface area contributed by atoms with E-state index in [1.165, 1.54) is 6.07 Å². The number of furan rings is 1. The van der Waals surface area contributed by atoms with Crippen molar-refractivity contribution in [2.75, 3.05) is 20.8 Å². The van der Waals surface area contributed by atoms with Crippen LogP contribution >= 0.6 is 0 Å². The summed E-state index contributed by atoms with van der Waals surface area (Å²) in [5, 5.41) is 8.97. The molecular weight excluding hydrogens is 326 g/mol. The average molecular weight is 345 g/mol. The Balaban J connectivity index is 1.87. The molecule has 1 fully saturated rings. The van der Waals surface area contributed by atoms with Crippen LogP contribution in [0.3, 0.4) is 0 Å². The van der Waals surface area contributed by atoms with Crippen molar-refractivity contribution in [3.05, 3.63) is 47.4 Å². The van der Waals surface area contributed by atoms with Crippen LogP contribution in [0.2, 0.25) is 0 Å². The maximum atomic E-state index is 12.7. The number of hydrogen-bond acceptors (Lipinski definition) is 5. The molecule has 7 heteroatoms. The number of amides is 1. The lowest BCUT2D eigenvalue weighted by Gasteiger charge is -2.24. The third-order valence-electron chi connectivity index (χ3n) is 4.36. The van der Waals surface area contributed by atoms with Gasteiger partial charge in [-0.2, -0.15) is 0 Å². The minimum Gasteiger partial charge on any atom is -0.493 e. The summed E-state index contributed by atoms with van der Waals surface area (Å²) in [6.45, 7) is 0.584. The fraction of sp³-hybridized carbons (Fsp3) is 0.333. The van der Waals surface area contributed by atoms with Gasteiger partial charge in [0, 0.05) is 12.6 Å². The average Bonchev–Trinajstić information content (AvgIpc) is 3.30. The number of hydrogen-bond donors (Lipinski definition) is 1. The zero-order chi connectivity index (χ0) is 18.0.